The Morgan fingerprint density at radius 2 is 1.83 bits per heavy atom. The van der Waals surface area contributed by atoms with E-state index in [9.17, 15) is 13.2 Å². The summed E-state index contributed by atoms with van der Waals surface area (Å²) in [5.41, 5.74) is 1.06. The van der Waals surface area contributed by atoms with Crippen LogP contribution in [0.5, 0.6) is 0 Å². The fourth-order valence-corrected chi connectivity index (χ4v) is 5.35. The van der Waals surface area contributed by atoms with Gasteiger partial charge >= 0.3 is 0 Å². The summed E-state index contributed by atoms with van der Waals surface area (Å²) in [6.45, 7) is 1.15. The summed E-state index contributed by atoms with van der Waals surface area (Å²) in [6, 6.07) is 13.8. The van der Waals surface area contributed by atoms with E-state index >= 15 is 0 Å². The molecule has 29 heavy (non-hydrogen) atoms. The number of hydrogen-bond donors (Lipinski definition) is 1. The van der Waals surface area contributed by atoms with Crippen molar-refractivity contribution in [2.24, 2.45) is 5.92 Å². The number of piperidine rings is 1. The third-order valence-electron chi connectivity index (χ3n) is 5.09. The topological polar surface area (TPSA) is 66.5 Å². The number of rotatable bonds is 7. The van der Waals surface area contributed by atoms with Crippen LogP contribution in [0, 0.1) is 5.92 Å². The maximum absolute atomic E-state index is 12.9. The first kappa shape index (κ1) is 22.1. The van der Waals surface area contributed by atoms with E-state index in [1.54, 1.807) is 12.1 Å². The quantitative estimate of drug-likeness (QED) is 0.639. The first-order valence-electron chi connectivity index (χ1n) is 9.65. The van der Waals surface area contributed by atoms with Crippen LogP contribution in [0.1, 0.15) is 24.8 Å². The first-order valence-corrected chi connectivity index (χ1v) is 11.8. The number of nitrogens with zero attached hydrogens (tertiary/aromatic N) is 1. The van der Waals surface area contributed by atoms with Crippen LogP contribution >= 0.6 is 23.2 Å². The van der Waals surface area contributed by atoms with Crippen molar-refractivity contribution in [1.82, 2.24) is 9.62 Å². The van der Waals surface area contributed by atoms with Gasteiger partial charge in [-0.05, 0) is 61.6 Å². The highest BCUT2D eigenvalue weighted by Gasteiger charge is 2.33. The smallest absolute Gasteiger partial charge is 0.243 e. The van der Waals surface area contributed by atoms with Crippen molar-refractivity contribution in [3.63, 3.8) is 0 Å². The highest BCUT2D eigenvalue weighted by Crippen LogP contribution is 2.25. The Kier molecular flexibility index (Phi) is 7.57. The third kappa shape index (κ3) is 5.72. The molecular weight excluding hydrogens is 431 g/mol. The van der Waals surface area contributed by atoms with E-state index < -0.39 is 10.0 Å². The van der Waals surface area contributed by atoms with Crippen molar-refractivity contribution < 1.29 is 13.2 Å². The van der Waals surface area contributed by atoms with Crippen molar-refractivity contribution in [3.05, 3.63) is 64.1 Å². The first-order chi connectivity index (χ1) is 13.9. The molecule has 5 nitrogen and oxygen atoms in total. The average molecular weight is 455 g/mol. The van der Waals surface area contributed by atoms with Gasteiger partial charge in [0.2, 0.25) is 15.9 Å². The minimum atomic E-state index is -3.63. The van der Waals surface area contributed by atoms with Gasteiger partial charge in [0.25, 0.3) is 0 Å². The Morgan fingerprint density at radius 3 is 2.55 bits per heavy atom. The predicted molar refractivity (Wildman–Crippen MR) is 116 cm³/mol. The lowest BCUT2D eigenvalue weighted by molar-refractivity contribution is -0.126. The van der Waals surface area contributed by atoms with Gasteiger partial charge in [-0.3, -0.25) is 4.79 Å². The maximum Gasteiger partial charge on any atom is 0.243 e. The highest BCUT2D eigenvalue weighted by molar-refractivity contribution is 7.89. The lowest BCUT2D eigenvalue weighted by Gasteiger charge is -2.31. The van der Waals surface area contributed by atoms with Crippen molar-refractivity contribution in [1.29, 1.82) is 0 Å². The number of benzene rings is 2. The molecule has 1 amide bonds. The summed E-state index contributed by atoms with van der Waals surface area (Å²) in [5.74, 6) is -0.439. The lowest BCUT2D eigenvalue weighted by atomic mass is 9.99. The van der Waals surface area contributed by atoms with Gasteiger partial charge in [-0.25, -0.2) is 8.42 Å². The van der Waals surface area contributed by atoms with E-state index in [0.29, 0.717) is 31.0 Å². The monoisotopic (exact) mass is 454 g/mol. The molecule has 0 radical (unpaired) electrons. The summed E-state index contributed by atoms with van der Waals surface area (Å²) in [6.07, 6.45) is 2.89. The molecule has 156 valence electrons. The van der Waals surface area contributed by atoms with E-state index in [0.717, 1.165) is 23.4 Å². The molecule has 1 atom stereocenters. The summed E-state index contributed by atoms with van der Waals surface area (Å²) < 4.78 is 27.1. The second kappa shape index (κ2) is 9.94. The van der Waals surface area contributed by atoms with E-state index in [2.05, 4.69) is 5.32 Å². The second-order valence-corrected chi connectivity index (χ2v) is 9.92. The van der Waals surface area contributed by atoms with Crippen molar-refractivity contribution >= 4 is 39.1 Å². The minimum absolute atomic E-state index is 0.0971. The van der Waals surface area contributed by atoms with Gasteiger partial charge in [0.15, 0.2) is 0 Å². The zero-order valence-electron chi connectivity index (χ0n) is 16.0. The summed E-state index contributed by atoms with van der Waals surface area (Å²) in [7, 11) is -3.63. The number of sulfonamides is 1. The molecule has 0 bridgehead atoms. The molecule has 0 unspecified atom stereocenters. The highest BCUT2D eigenvalue weighted by atomic mass is 35.5. The number of hydrogen-bond acceptors (Lipinski definition) is 3. The van der Waals surface area contributed by atoms with Gasteiger partial charge in [0, 0.05) is 29.7 Å². The predicted octanol–water partition coefficient (Wildman–Crippen LogP) is 4.14. The largest absolute Gasteiger partial charge is 0.356 e. The summed E-state index contributed by atoms with van der Waals surface area (Å²) in [4.78, 5) is 12.8. The molecule has 1 heterocycles. The Labute approximate surface area is 182 Å². The minimum Gasteiger partial charge on any atom is -0.356 e. The molecule has 1 fully saturated rings. The molecule has 1 N–H and O–H groups in total. The molecular formula is C21H24Cl2N2O3S. The molecule has 0 aliphatic carbocycles. The van der Waals surface area contributed by atoms with E-state index in [4.69, 9.17) is 23.2 Å². The third-order valence-corrected chi connectivity index (χ3v) is 7.59. The Bertz CT molecular complexity index is 949. The SMILES string of the molecule is O=C(NCCCc1ccccc1Cl)[C@H]1CCCN(S(=O)(=O)c2ccc(Cl)cc2)C1. The maximum atomic E-state index is 12.9. The molecule has 2 aromatic rings. The Balaban J connectivity index is 1.52. The van der Waals surface area contributed by atoms with Gasteiger partial charge in [0.05, 0.1) is 10.8 Å². The fraction of sp³-hybridized carbons (Fsp3) is 0.381. The molecule has 0 aromatic heterocycles. The van der Waals surface area contributed by atoms with Gasteiger partial charge in [0.1, 0.15) is 0 Å². The van der Waals surface area contributed by atoms with Crippen LogP contribution in [0.3, 0.4) is 0 Å². The number of halogens is 2. The van der Waals surface area contributed by atoms with Crippen LogP contribution in [0.15, 0.2) is 53.4 Å². The van der Waals surface area contributed by atoms with Crippen molar-refractivity contribution in [2.45, 2.75) is 30.6 Å². The van der Waals surface area contributed by atoms with Gasteiger partial charge < -0.3 is 5.32 Å². The van der Waals surface area contributed by atoms with Crippen LogP contribution in [0.4, 0.5) is 0 Å². The van der Waals surface area contributed by atoms with Crippen LogP contribution in [0.25, 0.3) is 0 Å². The molecule has 2 aromatic carbocycles. The summed E-state index contributed by atoms with van der Waals surface area (Å²) >= 11 is 12.0. The van der Waals surface area contributed by atoms with Crippen LogP contribution in [-0.4, -0.2) is 38.3 Å². The van der Waals surface area contributed by atoms with Gasteiger partial charge in [-0.1, -0.05) is 41.4 Å². The zero-order chi connectivity index (χ0) is 20.9. The number of carbonyl (C=O) groups excluding carboxylic acids is 1. The van der Waals surface area contributed by atoms with Crippen molar-refractivity contribution in [3.8, 4) is 0 Å². The molecule has 1 aliphatic rings. The molecule has 0 spiro atoms. The number of aryl methyl sites for hydroxylation is 1. The average Bonchev–Trinajstić information content (AvgIpc) is 2.72. The summed E-state index contributed by atoms with van der Waals surface area (Å²) in [5, 5.41) is 4.15. The zero-order valence-corrected chi connectivity index (χ0v) is 18.3. The lowest BCUT2D eigenvalue weighted by Crippen LogP contribution is -2.45. The Morgan fingerprint density at radius 1 is 1.10 bits per heavy atom. The van der Waals surface area contributed by atoms with Crippen molar-refractivity contribution in [2.75, 3.05) is 19.6 Å². The van der Waals surface area contributed by atoms with Crippen LogP contribution in [0.2, 0.25) is 10.0 Å². The molecule has 0 saturated carbocycles. The van der Waals surface area contributed by atoms with Crippen LogP contribution in [-0.2, 0) is 21.2 Å². The van der Waals surface area contributed by atoms with E-state index in [1.807, 2.05) is 24.3 Å². The van der Waals surface area contributed by atoms with Gasteiger partial charge in [-0.2, -0.15) is 4.31 Å². The molecule has 1 aliphatic heterocycles. The number of nitrogens with one attached hydrogen (secondary N) is 1. The molecule has 8 heteroatoms. The second-order valence-electron chi connectivity index (χ2n) is 7.14. The van der Waals surface area contributed by atoms with Gasteiger partial charge in [-0.15, -0.1) is 0 Å². The Hall–Kier alpha value is -1.60. The number of carbonyl (C=O) groups is 1. The van der Waals surface area contributed by atoms with Crippen LogP contribution < -0.4 is 5.32 Å². The number of amides is 1. The normalized spacial score (nSPS) is 17.8. The standard InChI is InChI=1S/C21H24Cl2N2O3S/c22-18-9-11-19(12-10-18)29(27,28)25-14-4-7-17(15-25)21(26)24-13-3-6-16-5-1-2-8-20(16)23/h1-2,5,8-12,17H,3-4,6-7,13-15H2,(H,24,26)/t17-/m0/s1. The van der Waals surface area contributed by atoms with E-state index in [1.165, 1.54) is 16.4 Å². The fourth-order valence-electron chi connectivity index (χ4n) is 3.47. The molecule has 1 saturated heterocycles. The van der Waals surface area contributed by atoms with E-state index in [-0.39, 0.29) is 23.3 Å². The molecule has 3 rings (SSSR count).